The van der Waals surface area contributed by atoms with E-state index in [0.29, 0.717) is 0 Å². The van der Waals surface area contributed by atoms with Gasteiger partial charge in [-0.1, -0.05) is 36.3 Å². The number of carbonyl (C=O) groups is 1. The van der Waals surface area contributed by atoms with Crippen LogP contribution in [0.2, 0.25) is 0 Å². The highest BCUT2D eigenvalue weighted by Gasteiger charge is 2.39. The third-order valence-electron chi connectivity index (χ3n) is 3.40. The molecule has 1 N–H and O–H groups in total. The first-order valence-corrected chi connectivity index (χ1v) is 7.32. The number of hydrogen-bond donors (Lipinski definition) is 1. The maximum absolute atomic E-state index is 11.3. The van der Waals surface area contributed by atoms with Gasteiger partial charge in [0.25, 0.3) is 0 Å². The highest BCUT2D eigenvalue weighted by molar-refractivity contribution is 5.88. The Bertz CT molecular complexity index is 590. The second kappa shape index (κ2) is 7.57. The topological polar surface area (TPSA) is 68.2 Å². The van der Waals surface area contributed by atoms with Gasteiger partial charge in [0, 0.05) is 5.92 Å². The van der Waals surface area contributed by atoms with Crippen molar-refractivity contribution in [1.29, 1.82) is 0 Å². The second-order valence-corrected chi connectivity index (χ2v) is 5.66. The summed E-state index contributed by atoms with van der Waals surface area (Å²) in [6.45, 7) is 4.11. The lowest BCUT2D eigenvalue weighted by Crippen LogP contribution is -2.42. The molecule has 1 aromatic carbocycles. The van der Waals surface area contributed by atoms with E-state index in [1.54, 1.807) is 13.8 Å². The van der Waals surface area contributed by atoms with E-state index in [1.165, 1.54) is 7.11 Å². The highest BCUT2D eigenvalue weighted by Crippen LogP contribution is 2.26. The van der Waals surface area contributed by atoms with Crippen LogP contribution in [0.3, 0.4) is 0 Å². The minimum absolute atomic E-state index is 0.252. The van der Waals surface area contributed by atoms with Crippen LogP contribution in [0, 0.1) is 11.8 Å². The van der Waals surface area contributed by atoms with Gasteiger partial charge in [-0.25, -0.2) is 4.79 Å². The van der Waals surface area contributed by atoms with Crippen LogP contribution in [0.15, 0.2) is 30.3 Å². The molecule has 6 heteroatoms. The van der Waals surface area contributed by atoms with Crippen molar-refractivity contribution >= 4 is 5.97 Å². The molecule has 0 unspecified atom stereocenters. The van der Waals surface area contributed by atoms with Gasteiger partial charge < -0.3 is 19.4 Å². The molecule has 0 bridgehead atoms. The molecule has 124 valence electrons. The van der Waals surface area contributed by atoms with Crippen LogP contribution in [0.5, 0.6) is 0 Å². The predicted octanol–water partition coefficient (Wildman–Crippen LogP) is 1.57. The van der Waals surface area contributed by atoms with Crippen molar-refractivity contribution < 1.29 is 24.2 Å². The molecule has 0 aromatic heterocycles. The lowest BCUT2D eigenvalue weighted by Gasteiger charge is -2.26. The zero-order chi connectivity index (χ0) is 16.9. The van der Waals surface area contributed by atoms with E-state index in [9.17, 15) is 10.0 Å². The van der Waals surface area contributed by atoms with Crippen LogP contribution in [0.25, 0.3) is 0 Å². The molecule has 2 atom stereocenters. The molecule has 0 radical (unpaired) electrons. The van der Waals surface area contributed by atoms with Crippen molar-refractivity contribution in [3.8, 4) is 11.8 Å². The Morgan fingerprint density at radius 2 is 2.17 bits per heavy atom. The summed E-state index contributed by atoms with van der Waals surface area (Å²) in [6.07, 6.45) is -0.476. The molecule has 0 amide bonds. The fourth-order valence-electron chi connectivity index (χ4n) is 2.28. The van der Waals surface area contributed by atoms with Crippen molar-refractivity contribution in [2.45, 2.75) is 38.3 Å². The number of benzene rings is 1. The van der Waals surface area contributed by atoms with Gasteiger partial charge in [0.2, 0.25) is 0 Å². The highest BCUT2D eigenvalue weighted by atomic mass is 16.7. The Balaban J connectivity index is 2.15. The van der Waals surface area contributed by atoms with Gasteiger partial charge in [-0.3, -0.25) is 0 Å². The number of nitrogens with zero attached hydrogens (tertiary/aromatic N) is 1. The molecule has 1 aliphatic heterocycles. The predicted molar refractivity (Wildman–Crippen MR) is 82.3 cm³/mol. The van der Waals surface area contributed by atoms with E-state index in [1.807, 2.05) is 30.3 Å². The number of rotatable bonds is 4. The van der Waals surface area contributed by atoms with Gasteiger partial charge in [-0.2, -0.15) is 5.06 Å². The minimum Gasteiger partial charge on any atom is -0.459 e. The number of esters is 1. The summed E-state index contributed by atoms with van der Waals surface area (Å²) in [5, 5.41) is 11.5. The zero-order valence-electron chi connectivity index (χ0n) is 13.5. The number of hydroxylamine groups is 2. The SMILES string of the molecule is COC(=O)C#C[C@@H]([C@@H]1COC(C)(C)O1)N(O)Cc1ccccc1. The molecule has 0 saturated carbocycles. The maximum Gasteiger partial charge on any atom is 0.384 e. The smallest absolute Gasteiger partial charge is 0.384 e. The Morgan fingerprint density at radius 3 is 2.74 bits per heavy atom. The van der Waals surface area contributed by atoms with Crippen molar-refractivity contribution in [2.24, 2.45) is 0 Å². The standard InChI is InChI=1S/C17H21NO5/c1-17(2)22-12-15(23-17)14(9-10-16(19)21-3)18(20)11-13-7-5-4-6-8-13/h4-8,14-15,20H,11-12H2,1-3H3/t14-,15-/m0/s1. The van der Waals surface area contributed by atoms with Crippen LogP contribution >= 0.6 is 0 Å². The summed E-state index contributed by atoms with van der Waals surface area (Å²) >= 11 is 0. The maximum atomic E-state index is 11.3. The molecule has 23 heavy (non-hydrogen) atoms. The average Bonchev–Trinajstić information content (AvgIpc) is 2.88. The molecule has 0 aliphatic carbocycles. The normalized spacial score (nSPS) is 20.7. The van der Waals surface area contributed by atoms with E-state index in [2.05, 4.69) is 16.6 Å². The molecule has 1 fully saturated rings. The number of ether oxygens (including phenoxy) is 3. The van der Waals surface area contributed by atoms with Crippen molar-refractivity contribution in [1.82, 2.24) is 5.06 Å². The van der Waals surface area contributed by atoms with Crippen LogP contribution in [0.4, 0.5) is 0 Å². The first-order valence-electron chi connectivity index (χ1n) is 7.32. The minimum atomic E-state index is -0.747. The van der Waals surface area contributed by atoms with Crippen molar-refractivity contribution in [3.05, 3.63) is 35.9 Å². The van der Waals surface area contributed by atoms with Gasteiger partial charge in [0.1, 0.15) is 12.1 Å². The third kappa shape index (κ3) is 5.05. The molecular weight excluding hydrogens is 298 g/mol. The lowest BCUT2D eigenvalue weighted by molar-refractivity contribution is -0.176. The summed E-state index contributed by atoms with van der Waals surface area (Å²) in [6, 6.07) is 8.74. The molecule has 2 rings (SSSR count). The summed E-state index contributed by atoms with van der Waals surface area (Å²) in [5.41, 5.74) is 0.915. The van der Waals surface area contributed by atoms with Crippen LogP contribution in [0.1, 0.15) is 19.4 Å². The van der Waals surface area contributed by atoms with E-state index in [-0.39, 0.29) is 13.2 Å². The molecule has 1 aliphatic rings. The van der Waals surface area contributed by atoms with Crippen molar-refractivity contribution in [2.75, 3.05) is 13.7 Å². The number of hydrogen-bond acceptors (Lipinski definition) is 6. The first kappa shape index (κ1) is 17.4. The van der Waals surface area contributed by atoms with Crippen LogP contribution in [-0.4, -0.2) is 47.9 Å². The Morgan fingerprint density at radius 1 is 1.48 bits per heavy atom. The average molecular weight is 319 g/mol. The van der Waals surface area contributed by atoms with E-state index in [0.717, 1.165) is 10.6 Å². The molecular formula is C17H21NO5. The summed E-state index contributed by atoms with van der Waals surface area (Å²) in [5.74, 6) is 3.66. The Hall–Kier alpha value is -1.91. The van der Waals surface area contributed by atoms with E-state index >= 15 is 0 Å². The van der Waals surface area contributed by atoms with Gasteiger partial charge >= 0.3 is 5.97 Å². The molecule has 0 spiro atoms. The summed E-state index contributed by atoms with van der Waals surface area (Å²) in [7, 11) is 1.25. The fourth-order valence-corrected chi connectivity index (χ4v) is 2.28. The quantitative estimate of drug-likeness (QED) is 0.393. The molecule has 1 heterocycles. The number of methoxy groups -OCH3 is 1. The lowest BCUT2D eigenvalue weighted by atomic mass is 10.1. The monoisotopic (exact) mass is 319 g/mol. The Labute approximate surface area is 135 Å². The Kier molecular flexibility index (Phi) is 5.74. The molecule has 1 saturated heterocycles. The second-order valence-electron chi connectivity index (χ2n) is 5.66. The van der Waals surface area contributed by atoms with Gasteiger partial charge in [0.15, 0.2) is 5.79 Å². The van der Waals surface area contributed by atoms with Crippen LogP contribution < -0.4 is 0 Å². The van der Waals surface area contributed by atoms with E-state index < -0.39 is 23.9 Å². The van der Waals surface area contributed by atoms with Crippen molar-refractivity contribution in [3.63, 3.8) is 0 Å². The summed E-state index contributed by atoms with van der Waals surface area (Å²) in [4.78, 5) is 11.3. The largest absolute Gasteiger partial charge is 0.459 e. The number of carbonyl (C=O) groups excluding carboxylic acids is 1. The summed E-state index contributed by atoms with van der Waals surface area (Å²) < 4.78 is 15.8. The fraction of sp³-hybridized carbons (Fsp3) is 0.471. The first-order chi connectivity index (χ1) is 10.9. The van der Waals surface area contributed by atoms with E-state index in [4.69, 9.17) is 9.47 Å². The van der Waals surface area contributed by atoms with Gasteiger partial charge in [-0.05, 0) is 19.4 Å². The third-order valence-corrected chi connectivity index (χ3v) is 3.40. The van der Waals surface area contributed by atoms with Crippen LogP contribution in [-0.2, 0) is 25.5 Å². The molecule has 6 nitrogen and oxygen atoms in total. The van der Waals surface area contributed by atoms with Gasteiger partial charge in [0.05, 0.1) is 20.3 Å². The zero-order valence-corrected chi connectivity index (χ0v) is 13.5. The molecule has 1 aromatic rings. The van der Waals surface area contributed by atoms with Gasteiger partial charge in [-0.15, -0.1) is 0 Å².